The van der Waals surface area contributed by atoms with E-state index in [1.165, 1.54) is 7.11 Å². The first-order valence-electron chi connectivity index (χ1n) is 5.48. The Labute approximate surface area is 106 Å². The molecule has 0 aliphatic heterocycles. The van der Waals surface area contributed by atoms with Crippen LogP contribution in [0.4, 0.5) is 5.69 Å². The molecule has 0 fully saturated rings. The van der Waals surface area contributed by atoms with E-state index in [1.54, 1.807) is 32.0 Å². The molecule has 0 saturated carbocycles. The second-order valence-electron chi connectivity index (χ2n) is 4.72. The molecular weight excluding hydrogens is 234 g/mol. The van der Waals surface area contributed by atoms with Gasteiger partial charge in [-0.1, -0.05) is 26.0 Å². The first kappa shape index (κ1) is 14.0. The van der Waals surface area contributed by atoms with Crippen LogP contribution in [-0.2, 0) is 14.9 Å². The van der Waals surface area contributed by atoms with Crippen molar-refractivity contribution in [3.8, 4) is 0 Å². The molecule has 1 aromatic rings. The molecule has 0 radical (unpaired) electrons. The van der Waals surface area contributed by atoms with E-state index >= 15 is 0 Å². The number of esters is 1. The zero-order valence-electron chi connectivity index (χ0n) is 10.7. The lowest BCUT2D eigenvalue weighted by atomic mass is 9.78. The topological polar surface area (TPSA) is 89.6 Å². The first-order chi connectivity index (χ1) is 8.29. The van der Waals surface area contributed by atoms with Gasteiger partial charge in [-0.2, -0.15) is 0 Å². The van der Waals surface area contributed by atoms with Gasteiger partial charge in [-0.05, 0) is 11.6 Å². The van der Waals surface area contributed by atoms with Crippen LogP contribution in [0.2, 0.25) is 0 Å². The fourth-order valence-electron chi connectivity index (χ4n) is 1.94. The van der Waals surface area contributed by atoms with Crippen LogP contribution in [0.25, 0.3) is 0 Å². The fourth-order valence-corrected chi connectivity index (χ4v) is 1.94. The molecule has 1 aromatic carbocycles. The molecule has 0 heterocycles. The molecule has 5 nitrogen and oxygen atoms in total. The molecule has 0 aliphatic carbocycles. The smallest absolute Gasteiger partial charge is 0.340 e. The number of rotatable bonds is 4. The van der Waals surface area contributed by atoms with Gasteiger partial charge in [-0.25, -0.2) is 4.79 Å². The number of carbonyl (C=O) groups excluding carboxylic acids is 1. The predicted molar refractivity (Wildman–Crippen MR) is 67.5 cm³/mol. The van der Waals surface area contributed by atoms with Crippen LogP contribution in [-0.4, -0.2) is 24.2 Å². The van der Waals surface area contributed by atoms with Gasteiger partial charge in [0.15, 0.2) is 0 Å². The van der Waals surface area contributed by atoms with Crippen molar-refractivity contribution in [2.75, 3.05) is 12.8 Å². The van der Waals surface area contributed by atoms with Gasteiger partial charge in [0.1, 0.15) is 0 Å². The first-order valence-corrected chi connectivity index (χ1v) is 5.48. The third kappa shape index (κ3) is 2.80. The van der Waals surface area contributed by atoms with Gasteiger partial charge in [0.05, 0.1) is 19.1 Å². The zero-order chi connectivity index (χ0) is 13.9. The molecule has 0 unspecified atom stereocenters. The minimum absolute atomic E-state index is 0.0968. The SMILES string of the molecule is COC(=O)c1c(N)cccc1C(C)(C)CC(=O)O. The Kier molecular flexibility index (Phi) is 3.96. The number of hydrogen-bond acceptors (Lipinski definition) is 4. The van der Waals surface area contributed by atoms with Crippen LogP contribution in [0, 0.1) is 0 Å². The second kappa shape index (κ2) is 5.08. The summed E-state index contributed by atoms with van der Waals surface area (Å²) >= 11 is 0. The average Bonchev–Trinajstić information content (AvgIpc) is 2.26. The van der Waals surface area contributed by atoms with Crippen molar-refractivity contribution in [3.05, 3.63) is 29.3 Å². The number of nitrogen functional groups attached to an aromatic ring is 1. The summed E-state index contributed by atoms with van der Waals surface area (Å²) in [6.45, 7) is 3.50. The van der Waals surface area contributed by atoms with Crippen molar-refractivity contribution in [2.24, 2.45) is 0 Å². The van der Waals surface area contributed by atoms with E-state index in [4.69, 9.17) is 15.6 Å². The molecule has 0 spiro atoms. The quantitative estimate of drug-likeness (QED) is 0.629. The Morgan fingerprint density at radius 3 is 2.50 bits per heavy atom. The lowest BCUT2D eigenvalue weighted by Crippen LogP contribution is -2.25. The number of benzene rings is 1. The number of methoxy groups -OCH3 is 1. The molecule has 0 amide bonds. The van der Waals surface area contributed by atoms with E-state index in [0.717, 1.165) is 0 Å². The second-order valence-corrected chi connectivity index (χ2v) is 4.72. The summed E-state index contributed by atoms with van der Waals surface area (Å²) in [5.41, 5.74) is 6.19. The Bertz CT molecular complexity index is 480. The molecule has 3 N–H and O–H groups in total. The molecule has 98 valence electrons. The van der Waals surface area contributed by atoms with E-state index in [0.29, 0.717) is 5.56 Å². The highest BCUT2D eigenvalue weighted by molar-refractivity contribution is 5.97. The zero-order valence-corrected chi connectivity index (χ0v) is 10.7. The summed E-state index contributed by atoms with van der Waals surface area (Å²) in [4.78, 5) is 22.6. The largest absolute Gasteiger partial charge is 0.481 e. The molecule has 0 atom stereocenters. The third-order valence-corrected chi connectivity index (χ3v) is 2.81. The van der Waals surface area contributed by atoms with Crippen molar-refractivity contribution in [1.82, 2.24) is 0 Å². The number of aliphatic carboxylic acids is 1. The molecule has 0 aliphatic rings. The minimum atomic E-state index is -0.932. The van der Waals surface area contributed by atoms with Crippen LogP contribution in [0.3, 0.4) is 0 Å². The number of carboxylic acid groups (broad SMARTS) is 1. The normalized spacial score (nSPS) is 11.1. The predicted octanol–water partition coefficient (Wildman–Crippen LogP) is 1.81. The molecule has 18 heavy (non-hydrogen) atoms. The number of carboxylic acids is 1. The summed E-state index contributed by atoms with van der Waals surface area (Å²) in [7, 11) is 1.27. The van der Waals surface area contributed by atoms with Gasteiger partial charge < -0.3 is 15.6 Å². The molecule has 5 heteroatoms. The molecule has 0 saturated heterocycles. The summed E-state index contributed by atoms with van der Waals surface area (Å²) < 4.78 is 4.69. The average molecular weight is 251 g/mol. The maximum Gasteiger partial charge on any atom is 0.340 e. The summed E-state index contributed by atoms with van der Waals surface area (Å²) in [6.07, 6.45) is -0.0968. The van der Waals surface area contributed by atoms with Crippen LogP contribution < -0.4 is 5.73 Å². The van der Waals surface area contributed by atoms with E-state index in [9.17, 15) is 9.59 Å². The monoisotopic (exact) mass is 251 g/mol. The van der Waals surface area contributed by atoms with Crippen molar-refractivity contribution in [2.45, 2.75) is 25.7 Å². The lowest BCUT2D eigenvalue weighted by Gasteiger charge is -2.26. The number of ether oxygens (including phenoxy) is 1. The summed E-state index contributed by atoms with van der Waals surface area (Å²) in [6, 6.07) is 4.98. The standard InChI is InChI=1S/C13H17NO4/c1-13(2,7-10(15)16)8-5-4-6-9(14)11(8)12(17)18-3/h4-6H,7,14H2,1-3H3,(H,15,16). The van der Waals surface area contributed by atoms with Gasteiger partial charge in [0, 0.05) is 11.1 Å². The van der Waals surface area contributed by atoms with Gasteiger partial charge in [-0.3, -0.25) is 4.79 Å². The summed E-state index contributed by atoms with van der Waals surface area (Å²) in [5.74, 6) is -1.49. The van der Waals surface area contributed by atoms with E-state index < -0.39 is 17.4 Å². The summed E-state index contributed by atoms with van der Waals surface area (Å²) in [5, 5.41) is 8.92. The van der Waals surface area contributed by atoms with Crippen LogP contribution >= 0.6 is 0 Å². The highest BCUT2D eigenvalue weighted by Crippen LogP contribution is 2.32. The molecular formula is C13H17NO4. The maximum absolute atomic E-state index is 11.7. The van der Waals surface area contributed by atoms with Crippen molar-refractivity contribution in [1.29, 1.82) is 0 Å². The van der Waals surface area contributed by atoms with Crippen LogP contribution in [0.15, 0.2) is 18.2 Å². The number of anilines is 1. The number of hydrogen-bond donors (Lipinski definition) is 2. The molecule has 0 bridgehead atoms. The van der Waals surface area contributed by atoms with E-state index in [-0.39, 0.29) is 17.7 Å². The maximum atomic E-state index is 11.7. The van der Waals surface area contributed by atoms with E-state index in [1.807, 2.05) is 0 Å². The lowest BCUT2D eigenvalue weighted by molar-refractivity contribution is -0.138. The van der Waals surface area contributed by atoms with Crippen molar-refractivity contribution >= 4 is 17.6 Å². The van der Waals surface area contributed by atoms with Crippen LogP contribution in [0.5, 0.6) is 0 Å². The highest BCUT2D eigenvalue weighted by atomic mass is 16.5. The van der Waals surface area contributed by atoms with Crippen molar-refractivity contribution in [3.63, 3.8) is 0 Å². The molecule has 1 rings (SSSR count). The minimum Gasteiger partial charge on any atom is -0.481 e. The van der Waals surface area contributed by atoms with Gasteiger partial charge >= 0.3 is 11.9 Å². The van der Waals surface area contributed by atoms with Crippen molar-refractivity contribution < 1.29 is 19.4 Å². The van der Waals surface area contributed by atoms with Gasteiger partial charge in [0.2, 0.25) is 0 Å². The Balaban J connectivity index is 3.36. The van der Waals surface area contributed by atoms with E-state index in [2.05, 4.69) is 0 Å². The third-order valence-electron chi connectivity index (χ3n) is 2.81. The number of carbonyl (C=O) groups is 2. The Morgan fingerprint density at radius 1 is 1.39 bits per heavy atom. The van der Waals surface area contributed by atoms with Gasteiger partial charge in [0.25, 0.3) is 0 Å². The van der Waals surface area contributed by atoms with Gasteiger partial charge in [-0.15, -0.1) is 0 Å². The Morgan fingerprint density at radius 2 is 2.00 bits per heavy atom. The number of nitrogens with two attached hydrogens (primary N) is 1. The Hall–Kier alpha value is -2.04. The van der Waals surface area contributed by atoms with Crippen LogP contribution in [0.1, 0.15) is 36.2 Å². The fraction of sp³-hybridized carbons (Fsp3) is 0.385. The highest BCUT2D eigenvalue weighted by Gasteiger charge is 2.30. The molecule has 0 aromatic heterocycles.